The molecule has 0 aliphatic rings. The first-order chi connectivity index (χ1) is 29.2. The van der Waals surface area contributed by atoms with Gasteiger partial charge in [-0.25, -0.2) is 4.98 Å². The van der Waals surface area contributed by atoms with Crippen LogP contribution in [0.25, 0.3) is 93.8 Å². The minimum atomic E-state index is 0.946. The lowest BCUT2D eigenvalue weighted by Gasteiger charge is -2.25. The van der Waals surface area contributed by atoms with Gasteiger partial charge in [0.05, 0.1) is 22.2 Å². The van der Waals surface area contributed by atoms with Crippen LogP contribution in [-0.4, -0.2) is 16.6 Å². The van der Waals surface area contributed by atoms with Crippen LogP contribution in [0.2, 0.25) is 0 Å². The third-order valence-corrected chi connectivity index (χ3v) is 11.8. The molecule has 3 heteroatoms. The van der Waals surface area contributed by atoms with E-state index in [0.717, 1.165) is 45.0 Å². The number of fused-ring (bicyclic) bond motifs is 6. The number of aromatic nitrogens is 2. The Morgan fingerprint density at radius 2 is 1.00 bits per heavy atom. The summed E-state index contributed by atoms with van der Waals surface area (Å²) in [4.78, 5) is 7.68. The van der Waals surface area contributed by atoms with E-state index in [1.54, 1.807) is 0 Å². The fourth-order valence-corrected chi connectivity index (χ4v) is 8.91. The normalized spacial score (nSPS) is 11.5. The second-order valence-corrected chi connectivity index (χ2v) is 15.2. The van der Waals surface area contributed by atoms with Gasteiger partial charge < -0.3 is 9.47 Å². The first kappa shape index (κ1) is 34.5. The highest BCUT2D eigenvalue weighted by atomic mass is 15.1. The van der Waals surface area contributed by atoms with Crippen LogP contribution in [0.5, 0.6) is 0 Å². The Morgan fingerprint density at radius 3 is 1.75 bits per heavy atom. The fourth-order valence-electron chi connectivity index (χ4n) is 8.91. The van der Waals surface area contributed by atoms with Crippen molar-refractivity contribution < 1.29 is 0 Å². The number of pyridine rings is 1. The lowest BCUT2D eigenvalue weighted by atomic mass is 9.94. The van der Waals surface area contributed by atoms with E-state index in [4.69, 9.17) is 4.98 Å². The Kier molecular flexibility index (Phi) is 8.37. The van der Waals surface area contributed by atoms with Crippen LogP contribution < -0.4 is 4.90 Å². The molecule has 2 heterocycles. The summed E-state index contributed by atoms with van der Waals surface area (Å²) >= 11 is 0. The molecule has 2 aromatic heterocycles. The smallest absolute Gasteiger partial charge is 0.0722 e. The van der Waals surface area contributed by atoms with Crippen LogP contribution >= 0.6 is 0 Å². The van der Waals surface area contributed by atoms with Crippen LogP contribution in [0.1, 0.15) is 0 Å². The number of benzene rings is 9. The summed E-state index contributed by atoms with van der Waals surface area (Å²) < 4.78 is 2.42. The molecule has 0 N–H and O–H groups in total. The Bertz CT molecular complexity index is 3290. The summed E-state index contributed by atoms with van der Waals surface area (Å²) in [6.07, 6.45) is 0. The first-order valence-corrected chi connectivity index (χ1v) is 20.2. The van der Waals surface area contributed by atoms with E-state index in [1.165, 1.54) is 60.2 Å². The predicted molar refractivity (Wildman–Crippen MR) is 250 cm³/mol. The first-order valence-electron chi connectivity index (χ1n) is 20.2. The molecular weight excluding hydrogens is 715 g/mol. The van der Waals surface area contributed by atoms with Crippen molar-refractivity contribution in [2.75, 3.05) is 11.9 Å². The second-order valence-electron chi connectivity index (χ2n) is 15.2. The van der Waals surface area contributed by atoms with Gasteiger partial charge in [-0.3, -0.25) is 0 Å². The molecule has 0 aliphatic heterocycles. The van der Waals surface area contributed by atoms with E-state index in [2.05, 4.69) is 235 Å². The molecule has 0 saturated heterocycles. The van der Waals surface area contributed by atoms with E-state index in [1.807, 2.05) is 0 Å². The lowest BCUT2D eigenvalue weighted by molar-refractivity contribution is 1.15. The Balaban J connectivity index is 1.12. The van der Waals surface area contributed by atoms with Gasteiger partial charge in [0.25, 0.3) is 0 Å². The molecule has 0 amide bonds. The van der Waals surface area contributed by atoms with Crippen molar-refractivity contribution in [1.82, 2.24) is 9.55 Å². The van der Waals surface area contributed by atoms with Crippen molar-refractivity contribution in [3.8, 4) is 50.3 Å². The molecule has 11 rings (SSSR count). The average Bonchev–Trinajstić information content (AvgIpc) is 3.66. The molecule has 0 bridgehead atoms. The van der Waals surface area contributed by atoms with Crippen molar-refractivity contribution in [3.05, 3.63) is 218 Å². The highest BCUT2D eigenvalue weighted by Gasteiger charge is 2.18. The molecule has 0 unspecified atom stereocenters. The van der Waals surface area contributed by atoms with Crippen molar-refractivity contribution in [2.24, 2.45) is 0 Å². The maximum Gasteiger partial charge on any atom is 0.0722 e. The summed E-state index contributed by atoms with van der Waals surface area (Å²) in [6.45, 7) is 0. The minimum absolute atomic E-state index is 0.946. The molecular formula is C56H39N3. The number of nitrogens with zero attached hydrogens (tertiary/aromatic N) is 3. The molecule has 278 valence electrons. The van der Waals surface area contributed by atoms with Crippen molar-refractivity contribution >= 4 is 54.9 Å². The molecule has 0 atom stereocenters. The molecule has 0 fully saturated rings. The van der Waals surface area contributed by atoms with Crippen LogP contribution in [-0.2, 0) is 0 Å². The number of hydrogen-bond donors (Lipinski definition) is 0. The molecule has 0 saturated carbocycles. The quantitative estimate of drug-likeness (QED) is 0.151. The molecule has 11 aromatic rings. The number of para-hydroxylation sites is 3. The maximum atomic E-state index is 5.35. The van der Waals surface area contributed by atoms with Gasteiger partial charge in [-0.05, 0) is 93.2 Å². The van der Waals surface area contributed by atoms with Gasteiger partial charge >= 0.3 is 0 Å². The average molecular weight is 754 g/mol. The maximum absolute atomic E-state index is 5.35. The lowest BCUT2D eigenvalue weighted by Crippen LogP contribution is -2.11. The Hall–Kier alpha value is -7.75. The zero-order valence-electron chi connectivity index (χ0n) is 32.6. The van der Waals surface area contributed by atoms with Gasteiger partial charge in [-0.15, -0.1) is 0 Å². The zero-order chi connectivity index (χ0) is 39.3. The third-order valence-electron chi connectivity index (χ3n) is 11.8. The number of rotatable bonds is 7. The Labute approximate surface area is 343 Å². The van der Waals surface area contributed by atoms with Gasteiger partial charge in [-0.2, -0.15) is 0 Å². The highest BCUT2D eigenvalue weighted by molar-refractivity contribution is 6.14. The third kappa shape index (κ3) is 6.03. The van der Waals surface area contributed by atoms with Gasteiger partial charge in [-0.1, -0.05) is 164 Å². The Morgan fingerprint density at radius 1 is 0.407 bits per heavy atom. The summed E-state index contributed by atoms with van der Waals surface area (Å²) in [6, 6.07) is 78.6. The standard InChI is InChI=1S/C56H39N3/c1-58(53-28-13-10-24-46(53)38-17-4-2-5-18-38)44-34-43(35-45(36-44)59-54-29-14-11-26-48(54)49-27-12-15-30-55(49)59)41-22-16-23-42(33-41)52-37-50(39-19-6-3-7-20-39)56-47-25-9-8-21-40(47)31-32-51(56)57-52/h2-37H,1H3. The van der Waals surface area contributed by atoms with E-state index < -0.39 is 0 Å². The zero-order valence-corrected chi connectivity index (χ0v) is 32.6. The number of anilines is 2. The van der Waals surface area contributed by atoms with E-state index >= 15 is 0 Å². The van der Waals surface area contributed by atoms with Gasteiger partial charge in [0, 0.05) is 51.4 Å². The van der Waals surface area contributed by atoms with Crippen LogP contribution in [0, 0.1) is 0 Å². The monoisotopic (exact) mass is 753 g/mol. The molecule has 9 aromatic carbocycles. The second kappa shape index (κ2) is 14.3. The summed E-state index contributed by atoms with van der Waals surface area (Å²) in [5, 5.41) is 6.08. The highest BCUT2D eigenvalue weighted by Crippen LogP contribution is 2.41. The van der Waals surface area contributed by atoms with Crippen LogP contribution in [0.4, 0.5) is 11.4 Å². The molecule has 0 aliphatic carbocycles. The van der Waals surface area contributed by atoms with Crippen LogP contribution in [0.3, 0.4) is 0 Å². The van der Waals surface area contributed by atoms with Gasteiger partial charge in [0.2, 0.25) is 0 Å². The minimum Gasteiger partial charge on any atom is -0.344 e. The fraction of sp³-hybridized carbons (Fsp3) is 0.0179. The largest absolute Gasteiger partial charge is 0.344 e. The van der Waals surface area contributed by atoms with Crippen molar-refractivity contribution in [1.29, 1.82) is 0 Å². The molecule has 59 heavy (non-hydrogen) atoms. The van der Waals surface area contributed by atoms with Gasteiger partial charge in [0.1, 0.15) is 0 Å². The van der Waals surface area contributed by atoms with Crippen molar-refractivity contribution in [3.63, 3.8) is 0 Å². The van der Waals surface area contributed by atoms with Gasteiger partial charge in [0.15, 0.2) is 0 Å². The molecule has 0 spiro atoms. The molecule has 3 nitrogen and oxygen atoms in total. The SMILES string of the molecule is CN(c1cc(-c2cccc(-c3cc(-c4ccccc4)c4c(ccc5ccccc54)n3)c2)cc(-n2c3ccccc3c3ccccc32)c1)c1ccccc1-c1ccccc1. The van der Waals surface area contributed by atoms with E-state index in [0.29, 0.717) is 0 Å². The molecule has 0 radical (unpaired) electrons. The summed E-state index contributed by atoms with van der Waals surface area (Å²) in [5.41, 5.74) is 15.7. The predicted octanol–water partition coefficient (Wildman–Crippen LogP) is 14.9. The van der Waals surface area contributed by atoms with E-state index in [9.17, 15) is 0 Å². The van der Waals surface area contributed by atoms with Crippen LogP contribution in [0.15, 0.2) is 218 Å². The summed E-state index contributed by atoms with van der Waals surface area (Å²) in [7, 11) is 2.18. The topological polar surface area (TPSA) is 21.1 Å². The summed E-state index contributed by atoms with van der Waals surface area (Å²) in [5.74, 6) is 0. The van der Waals surface area contributed by atoms with Crippen molar-refractivity contribution in [2.45, 2.75) is 0 Å². The number of hydrogen-bond acceptors (Lipinski definition) is 2. The van der Waals surface area contributed by atoms with E-state index in [-0.39, 0.29) is 0 Å².